The molecular formula is C16H21ClN4O3S. The molecule has 0 aliphatic carbocycles. The van der Waals surface area contributed by atoms with Crippen LogP contribution in [0.5, 0.6) is 0 Å². The van der Waals surface area contributed by atoms with Gasteiger partial charge >= 0.3 is 0 Å². The second-order valence-electron chi connectivity index (χ2n) is 5.83. The number of amides is 1. The Morgan fingerprint density at radius 1 is 1.44 bits per heavy atom. The van der Waals surface area contributed by atoms with Crippen molar-refractivity contribution in [2.24, 2.45) is 5.73 Å². The van der Waals surface area contributed by atoms with Gasteiger partial charge in [0.2, 0.25) is 15.9 Å². The fraction of sp³-hybridized carbons (Fsp3) is 0.500. The van der Waals surface area contributed by atoms with E-state index in [0.29, 0.717) is 13.0 Å². The highest BCUT2D eigenvalue weighted by atomic mass is 35.5. The first-order valence-corrected chi connectivity index (χ1v) is 9.91. The van der Waals surface area contributed by atoms with Crippen molar-refractivity contribution in [2.45, 2.75) is 36.6 Å². The van der Waals surface area contributed by atoms with E-state index in [9.17, 15) is 18.5 Å². The van der Waals surface area contributed by atoms with Crippen LogP contribution in [0.25, 0.3) is 0 Å². The quantitative estimate of drug-likeness (QED) is 0.764. The number of hydrogen-bond acceptors (Lipinski definition) is 5. The predicted molar refractivity (Wildman–Crippen MR) is 94.4 cm³/mol. The van der Waals surface area contributed by atoms with Gasteiger partial charge in [-0.15, -0.1) is 0 Å². The molecule has 1 atom stereocenters. The molecule has 25 heavy (non-hydrogen) atoms. The Hall–Kier alpha value is -1.66. The van der Waals surface area contributed by atoms with E-state index in [4.69, 9.17) is 17.3 Å². The van der Waals surface area contributed by atoms with E-state index in [-0.39, 0.29) is 46.9 Å². The van der Waals surface area contributed by atoms with Crippen molar-refractivity contribution in [1.82, 2.24) is 9.62 Å². The van der Waals surface area contributed by atoms with Crippen LogP contribution in [0.3, 0.4) is 0 Å². The number of sulfonamides is 1. The van der Waals surface area contributed by atoms with Crippen LogP contribution in [0.1, 0.15) is 31.2 Å². The van der Waals surface area contributed by atoms with Crippen molar-refractivity contribution in [2.75, 3.05) is 19.6 Å². The van der Waals surface area contributed by atoms with Crippen molar-refractivity contribution in [3.05, 3.63) is 28.8 Å². The van der Waals surface area contributed by atoms with Crippen molar-refractivity contribution >= 4 is 27.5 Å². The minimum absolute atomic E-state index is 0.0549. The van der Waals surface area contributed by atoms with Crippen LogP contribution in [0.2, 0.25) is 5.02 Å². The number of nitrogens with zero attached hydrogens (tertiary/aromatic N) is 2. The first-order chi connectivity index (χ1) is 11.9. The molecule has 136 valence electrons. The molecule has 1 saturated heterocycles. The Morgan fingerprint density at radius 2 is 2.20 bits per heavy atom. The molecule has 1 unspecified atom stereocenters. The standard InChI is InChI=1S/C16H21ClN4O3S/c17-14-5-3-6-15(13(14)10-19)25(23,24)21-9-2-1-4-12(21)11-20-16(22)7-8-18/h3,5-6,12H,1-2,4,7-9,11,18H2,(H,20,22). The maximum Gasteiger partial charge on any atom is 0.244 e. The SMILES string of the molecule is N#Cc1c(Cl)cccc1S(=O)(=O)N1CCCCC1CNC(=O)CCN. The zero-order valence-electron chi connectivity index (χ0n) is 13.7. The van der Waals surface area contributed by atoms with Crippen LogP contribution < -0.4 is 11.1 Å². The third-order valence-corrected chi connectivity index (χ3v) is 6.46. The second kappa shape index (κ2) is 8.63. The molecule has 0 radical (unpaired) electrons. The molecule has 1 fully saturated rings. The summed E-state index contributed by atoms with van der Waals surface area (Å²) in [6, 6.07) is 5.90. The molecule has 1 amide bonds. The van der Waals surface area contributed by atoms with Gasteiger partial charge in [0.15, 0.2) is 0 Å². The molecule has 1 aliphatic heterocycles. The molecule has 3 N–H and O–H groups in total. The van der Waals surface area contributed by atoms with Crippen LogP contribution >= 0.6 is 11.6 Å². The molecule has 1 aliphatic rings. The van der Waals surface area contributed by atoms with E-state index >= 15 is 0 Å². The number of carbonyl (C=O) groups excluding carboxylic acids is 1. The summed E-state index contributed by atoms with van der Waals surface area (Å²) in [6.07, 6.45) is 2.45. The molecule has 7 nitrogen and oxygen atoms in total. The number of halogens is 1. The van der Waals surface area contributed by atoms with E-state index in [1.54, 1.807) is 0 Å². The van der Waals surface area contributed by atoms with E-state index in [0.717, 1.165) is 12.8 Å². The number of nitrogens with two attached hydrogens (primary N) is 1. The summed E-state index contributed by atoms with van der Waals surface area (Å²) >= 11 is 5.97. The maximum absolute atomic E-state index is 13.1. The van der Waals surface area contributed by atoms with Crippen LogP contribution in [-0.2, 0) is 14.8 Å². The average Bonchev–Trinajstić information content (AvgIpc) is 2.60. The summed E-state index contributed by atoms with van der Waals surface area (Å²) in [5.41, 5.74) is 5.29. The Balaban J connectivity index is 2.28. The van der Waals surface area contributed by atoms with Gasteiger partial charge in [-0.25, -0.2) is 8.42 Å². The van der Waals surface area contributed by atoms with Gasteiger partial charge in [-0.1, -0.05) is 24.1 Å². The van der Waals surface area contributed by atoms with Gasteiger partial charge in [0.25, 0.3) is 0 Å². The molecule has 0 bridgehead atoms. The van der Waals surface area contributed by atoms with Gasteiger partial charge in [-0.05, 0) is 25.0 Å². The van der Waals surface area contributed by atoms with Gasteiger partial charge in [0, 0.05) is 32.1 Å². The summed E-state index contributed by atoms with van der Waals surface area (Å²) in [6.45, 7) is 0.810. The number of piperidine rings is 1. The highest BCUT2D eigenvalue weighted by molar-refractivity contribution is 7.89. The van der Waals surface area contributed by atoms with Crippen molar-refractivity contribution < 1.29 is 13.2 Å². The maximum atomic E-state index is 13.1. The third-order valence-electron chi connectivity index (χ3n) is 4.15. The Kier molecular flexibility index (Phi) is 6.79. The first-order valence-electron chi connectivity index (χ1n) is 8.09. The Morgan fingerprint density at radius 3 is 2.88 bits per heavy atom. The average molecular weight is 385 g/mol. The molecule has 9 heteroatoms. The molecule has 0 aromatic heterocycles. The van der Waals surface area contributed by atoms with Gasteiger partial charge in [-0.2, -0.15) is 9.57 Å². The summed E-state index contributed by atoms with van der Waals surface area (Å²) in [5, 5.41) is 12.1. The van der Waals surface area contributed by atoms with Gasteiger partial charge < -0.3 is 11.1 Å². The molecule has 1 heterocycles. The predicted octanol–water partition coefficient (Wildman–Crippen LogP) is 1.22. The number of benzene rings is 1. The number of nitriles is 1. The minimum atomic E-state index is -3.89. The van der Waals surface area contributed by atoms with Gasteiger partial charge in [-0.3, -0.25) is 4.79 Å². The molecule has 0 saturated carbocycles. The summed E-state index contributed by atoms with van der Waals surface area (Å²) in [7, 11) is -3.89. The van der Waals surface area contributed by atoms with Crippen LogP contribution in [0, 0.1) is 11.3 Å². The number of hydrogen-bond donors (Lipinski definition) is 2. The largest absolute Gasteiger partial charge is 0.354 e. The summed E-state index contributed by atoms with van der Waals surface area (Å²) in [4.78, 5) is 11.5. The summed E-state index contributed by atoms with van der Waals surface area (Å²) < 4.78 is 27.5. The van der Waals surface area contributed by atoms with E-state index in [1.165, 1.54) is 22.5 Å². The number of rotatable bonds is 6. The highest BCUT2D eigenvalue weighted by Gasteiger charge is 2.35. The van der Waals surface area contributed by atoms with E-state index < -0.39 is 10.0 Å². The zero-order valence-corrected chi connectivity index (χ0v) is 15.3. The monoisotopic (exact) mass is 384 g/mol. The van der Waals surface area contributed by atoms with E-state index in [2.05, 4.69) is 5.32 Å². The fourth-order valence-electron chi connectivity index (χ4n) is 2.90. The van der Waals surface area contributed by atoms with Gasteiger partial charge in [0.05, 0.1) is 10.6 Å². The number of nitrogens with one attached hydrogen (secondary N) is 1. The van der Waals surface area contributed by atoms with Crippen LogP contribution in [-0.4, -0.2) is 44.3 Å². The van der Waals surface area contributed by atoms with Crippen LogP contribution in [0.15, 0.2) is 23.1 Å². The Labute approximate surface area is 152 Å². The molecule has 1 aromatic carbocycles. The Bertz CT molecular complexity index is 776. The van der Waals surface area contributed by atoms with Crippen molar-refractivity contribution in [1.29, 1.82) is 5.26 Å². The van der Waals surface area contributed by atoms with Crippen LogP contribution in [0.4, 0.5) is 0 Å². The van der Waals surface area contributed by atoms with Crippen molar-refractivity contribution in [3.8, 4) is 6.07 Å². The lowest BCUT2D eigenvalue weighted by atomic mass is 10.1. The lowest BCUT2D eigenvalue weighted by Crippen LogP contribution is -2.49. The second-order valence-corrected chi connectivity index (χ2v) is 8.10. The van der Waals surface area contributed by atoms with Crippen molar-refractivity contribution in [3.63, 3.8) is 0 Å². The lowest BCUT2D eigenvalue weighted by Gasteiger charge is -2.35. The third kappa shape index (κ3) is 4.50. The molecule has 1 aromatic rings. The minimum Gasteiger partial charge on any atom is -0.354 e. The molecular weight excluding hydrogens is 364 g/mol. The normalized spacial score (nSPS) is 18.5. The zero-order chi connectivity index (χ0) is 18.4. The van der Waals surface area contributed by atoms with E-state index in [1.807, 2.05) is 6.07 Å². The lowest BCUT2D eigenvalue weighted by molar-refractivity contribution is -0.121. The fourth-order valence-corrected chi connectivity index (χ4v) is 5.03. The highest BCUT2D eigenvalue weighted by Crippen LogP contribution is 2.29. The molecule has 2 rings (SSSR count). The topological polar surface area (TPSA) is 116 Å². The first kappa shape index (κ1) is 19.7. The smallest absolute Gasteiger partial charge is 0.244 e. The molecule has 0 spiro atoms. The van der Waals surface area contributed by atoms with Gasteiger partial charge in [0.1, 0.15) is 11.0 Å². The summed E-state index contributed by atoms with van der Waals surface area (Å²) in [5.74, 6) is -0.203. The number of carbonyl (C=O) groups is 1.